The standard InChI is InChI=1S/C14H20N4O3/c1-21-7-6-17-9-11(8-15-17)18-5-4-12(19)16-13(14(18)20)10-2-3-10/h8-10,13H,2-7H2,1H3,(H,16,19). The average molecular weight is 292 g/mol. The smallest absolute Gasteiger partial charge is 0.249 e. The van der Waals surface area contributed by atoms with Crippen LogP contribution in [0.15, 0.2) is 12.4 Å². The van der Waals surface area contributed by atoms with Gasteiger partial charge < -0.3 is 15.0 Å². The summed E-state index contributed by atoms with van der Waals surface area (Å²) in [5.74, 6) is 0.231. The van der Waals surface area contributed by atoms with Crippen molar-refractivity contribution in [1.29, 1.82) is 0 Å². The number of amides is 2. The van der Waals surface area contributed by atoms with E-state index >= 15 is 0 Å². The summed E-state index contributed by atoms with van der Waals surface area (Å²) in [5.41, 5.74) is 0.748. The van der Waals surface area contributed by atoms with E-state index in [1.807, 2.05) is 6.20 Å². The molecule has 1 N–H and O–H groups in total. The van der Waals surface area contributed by atoms with Gasteiger partial charge in [-0.2, -0.15) is 5.10 Å². The van der Waals surface area contributed by atoms with Gasteiger partial charge in [0.05, 0.1) is 25.0 Å². The second-order valence-electron chi connectivity index (χ2n) is 5.58. The summed E-state index contributed by atoms with van der Waals surface area (Å²) in [7, 11) is 1.64. The molecular weight excluding hydrogens is 272 g/mol. The number of ether oxygens (including phenoxy) is 1. The number of carbonyl (C=O) groups excluding carboxylic acids is 2. The number of hydrogen-bond acceptors (Lipinski definition) is 4. The number of rotatable bonds is 5. The van der Waals surface area contributed by atoms with Gasteiger partial charge in [0.1, 0.15) is 6.04 Å². The highest BCUT2D eigenvalue weighted by atomic mass is 16.5. The molecule has 2 aliphatic rings. The Kier molecular flexibility index (Phi) is 3.92. The molecule has 0 radical (unpaired) electrons. The van der Waals surface area contributed by atoms with E-state index < -0.39 is 0 Å². The molecule has 2 amide bonds. The van der Waals surface area contributed by atoms with Gasteiger partial charge in [-0.1, -0.05) is 0 Å². The predicted molar refractivity (Wildman–Crippen MR) is 75.7 cm³/mol. The Morgan fingerprint density at radius 1 is 1.43 bits per heavy atom. The zero-order chi connectivity index (χ0) is 14.8. The van der Waals surface area contributed by atoms with Gasteiger partial charge in [0.15, 0.2) is 0 Å². The maximum Gasteiger partial charge on any atom is 0.249 e. The highest BCUT2D eigenvalue weighted by Crippen LogP contribution is 2.34. The van der Waals surface area contributed by atoms with Crippen LogP contribution in [0.1, 0.15) is 19.3 Å². The van der Waals surface area contributed by atoms with Crippen LogP contribution in [-0.2, 0) is 20.9 Å². The third-order valence-corrected chi connectivity index (χ3v) is 3.96. The van der Waals surface area contributed by atoms with Gasteiger partial charge in [0, 0.05) is 26.3 Å². The monoisotopic (exact) mass is 292 g/mol. The summed E-state index contributed by atoms with van der Waals surface area (Å²) < 4.78 is 6.76. The maximum absolute atomic E-state index is 12.6. The van der Waals surface area contributed by atoms with Crippen molar-refractivity contribution >= 4 is 17.5 Å². The van der Waals surface area contributed by atoms with E-state index in [4.69, 9.17) is 4.74 Å². The number of aromatic nitrogens is 2. The van der Waals surface area contributed by atoms with Crippen molar-refractivity contribution in [1.82, 2.24) is 15.1 Å². The topological polar surface area (TPSA) is 76.5 Å². The molecule has 114 valence electrons. The lowest BCUT2D eigenvalue weighted by atomic mass is 10.1. The van der Waals surface area contributed by atoms with Crippen LogP contribution in [0.25, 0.3) is 0 Å². The van der Waals surface area contributed by atoms with Gasteiger partial charge in [-0.3, -0.25) is 14.3 Å². The Bertz CT molecular complexity index is 538. The first-order chi connectivity index (χ1) is 10.2. The molecule has 1 saturated heterocycles. The normalized spacial score (nSPS) is 23.1. The first kappa shape index (κ1) is 14.1. The first-order valence-corrected chi connectivity index (χ1v) is 7.31. The Balaban J connectivity index is 1.77. The minimum Gasteiger partial charge on any atom is -0.383 e. The molecular formula is C14H20N4O3. The van der Waals surface area contributed by atoms with Crippen LogP contribution < -0.4 is 10.2 Å². The summed E-state index contributed by atoms with van der Waals surface area (Å²) in [6, 6.07) is -0.373. The molecule has 1 saturated carbocycles. The molecule has 1 aromatic heterocycles. The molecule has 1 unspecified atom stereocenters. The van der Waals surface area contributed by atoms with Gasteiger partial charge in [-0.05, 0) is 18.8 Å². The summed E-state index contributed by atoms with van der Waals surface area (Å²) in [6.45, 7) is 1.62. The van der Waals surface area contributed by atoms with Gasteiger partial charge >= 0.3 is 0 Å². The van der Waals surface area contributed by atoms with E-state index in [1.54, 1.807) is 22.9 Å². The Morgan fingerprint density at radius 3 is 2.95 bits per heavy atom. The van der Waals surface area contributed by atoms with E-state index in [2.05, 4.69) is 10.4 Å². The van der Waals surface area contributed by atoms with Crippen molar-refractivity contribution in [3.63, 3.8) is 0 Å². The van der Waals surface area contributed by atoms with Crippen molar-refractivity contribution < 1.29 is 14.3 Å². The van der Waals surface area contributed by atoms with Gasteiger partial charge in [-0.25, -0.2) is 0 Å². The number of anilines is 1. The molecule has 0 aromatic carbocycles. The molecule has 1 aliphatic carbocycles. The SMILES string of the molecule is COCCn1cc(N2CCC(=O)NC(C3CC3)C2=O)cn1. The molecule has 1 aromatic rings. The number of nitrogens with zero attached hydrogens (tertiary/aromatic N) is 3. The van der Waals surface area contributed by atoms with Crippen LogP contribution in [-0.4, -0.2) is 47.9 Å². The molecule has 2 fully saturated rings. The van der Waals surface area contributed by atoms with Crippen molar-refractivity contribution in [3.8, 4) is 0 Å². The van der Waals surface area contributed by atoms with E-state index in [-0.39, 0.29) is 17.9 Å². The van der Waals surface area contributed by atoms with Crippen molar-refractivity contribution in [2.75, 3.05) is 25.2 Å². The number of methoxy groups -OCH3 is 1. The van der Waals surface area contributed by atoms with E-state index in [0.29, 0.717) is 32.0 Å². The summed E-state index contributed by atoms with van der Waals surface area (Å²) in [6.07, 6.45) is 5.86. The van der Waals surface area contributed by atoms with Gasteiger partial charge in [0.2, 0.25) is 11.8 Å². The fourth-order valence-electron chi connectivity index (χ4n) is 2.60. The molecule has 3 rings (SSSR count). The second kappa shape index (κ2) is 5.85. The van der Waals surface area contributed by atoms with Crippen LogP contribution in [0.4, 0.5) is 5.69 Å². The first-order valence-electron chi connectivity index (χ1n) is 7.31. The lowest BCUT2D eigenvalue weighted by Crippen LogP contribution is -2.46. The van der Waals surface area contributed by atoms with E-state index in [0.717, 1.165) is 18.5 Å². The Morgan fingerprint density at radius 2 is 2.24 bits per heavy atom. The third-order valence-electron chi connectivity index (χ3n) is 3.96. The van der Waals surface area contributed by atoms with Crippen LogP contribution >= 0.6 is 0 Å². The quantitative estimate of drug-likeness (QED) is 0.839. The van der Waals surface area contributed by atoms with Gasteiger partial charge in [-0.15, -0.1) is 0 Å². The lowest BCUT2D eigenvalue weighted by molar-refractivity contribution is -0.126. The summed E-state index contributed by atoms with van der Waals surface area (Å²) in [5, 5.41) is 7.09. The fourth-order valence-corrected chi connectivity index (χ4v) is 2.60. The molecule has 7 nitrogen and oxygen atoms in total. The second-order valence-corrected chi connectivity index (χ2v) is 5.58. The molecule has 7 heteroatoms. The van der Waals surface area contributed by atoms with E-state index in [1.165, 1.54) is 0 Å². The minimum atomic E-state index is -0.373. The van der Waals surface area contributed by atoms with Crippen LogP contribution in [0.3, 0.4) is 0 Å². The van der Waals surface area contributed by atoms with Crippen LogP contribution in [0, 0.1) is 5.92 Å². The number of carbonyl (C=O) groups is 2. The molecule has 2 heterocycles. The Hall–Kier alpha value is -1.89. The number of nitrogens with one attached hydrogen (secondary N) is 1. The molecule has 1 aliphatic heterocycles. The molecule has 21 heavy (non-hydrogen) atoms. The predicted octanol–water partition coefficient (Wildman–Crippen LogP) is 0.161. The molecule has 1 atom stereocenters. The van der Waals surface area contributed by atoms with Crippen molar-refractivity contribution in [2.24, 2.45) is 5.92 Å². The highest BCUT2D eigenvalue weighted by molar-refractivity contribution is 6.01. The molecule has 0 bridgehead atoms. The third kappa shape index (κ3) is 3.07. The van der Waals surface area contributed by atoms with Crippen molar-refractivity contribution in [3.05, 3.63) is 12.4 Å². The fraction of sp³-hybridized carbons (Fsp3) is 0.643. The van der Waals surface area contributed by atoms with Crippen LogP contribution in [0.5, 0.6) is 0 Å². The maximum atomic E-state index is 12.6. The average Bonchev–Trinajstić information content (AvgIpc) is 3.23. The highest BCUT2D eigenvalue weighted by Gasteiger charge is 2.41. The largest absolute Gasteiger partial charge is 0.383 e. The summed E-state index contributed by atoms with van der Waals surface area (Å²) in [4.78, 5) is 26.1. The van der Waals surface area contributed by atoms with Gasteiger partial charge in [0.25, 0.3) is 0 Å². The zero-order valence-corrected chi connectivity index (χ0v) is 12.1. The minimum absolute atomic E-state index is 0.0189. The summed E-state index contributed by atoms with van der Waals surface area (Å²) >= 11 is 0. The Labute approximate surface area is 123 Å². The number of hydrogen-bond donors (Lipinski definition) is 1. The van der Waals surface area contributed by atoms with E-state index in [9.17, 15) is 9.59 Å². The van der Waals surface area contributed by atoms with Crippen molar-refractivity contribution in [2.45, 2.75) is 31.8 Å². The van der Waals surface area contributed by atoms with Crippen LogP contribution in [0.2, 0.25) is 0 Å². The zero-order valence-electron chi connectivity index (χ0n) is 12.1. The lowest BCUT2D eigenvalue weighted by Gasteiger charge is -2.22. The molecule has 0 spiro atoms.